The van der Waals surface area contributed by atoms with Crippen molar-refractivity contribution in [3.63, 3.8) is 0 Å². The van der Waals surface area contributed by atoms with Crippen LogP contribution in [0, 0.1) is 13.8 Å². The van der Waals surface area contributed by atoms with Crippen LogP contribution in [0.2, 0.25) is 0 Å². The minimum Gasteiger partial charge on any atom is -0.397 e. The first kappa shape index (κ1) is 16.1. The van der Waals surface area contributed by atoms with Gasteiger partial charge < -0.3 is 16.0 Å². The molecule has 0 bridgehead atoms. The molecule has 0 saturated carbocycles. The minimum atomic E-state index is -0.112. The molecule has 0 aliphatic carbocycles. The Hall–Kier alpha value is -1.73. The van der Waals surface area contributed by atoms with Crippen LogP contribution in [0.15, 0.2) is 0 Å². The van der Waals surface area contributed by atoms with E-state index in [0.29, 0.717) is 17.1 Å². The van der Waals surface area contributed by atoms with Gasteiger partial charge in [-0.15, -0.1) is 16.4 Å². The van der Waals surface area contributed by atoms with Gasteiger partial charge in [-0.1, -0.05) is 6.42 Å². The molecule has 23 heavy (non-hydrogen) atoms. The quantitative estimate of drug-likeness (QED) is 0.895. The number of amides is 1. The summed E-state index contributed by atoms with van der Waals surface area (Å²) >= 11 is 1.32. The zero-order valence-electron chi connectivity index (χ0n) is 13.7. The normalized spacial score (nSPS) is 15.9. The van der Waals surface area contributed by atoms with Gasteiger partial charge in [0.15, 0.2) is 0 Å². The summed E-state index contributed by atoms with van der Waals surface area (Å²) in [5, 5.41) is 12.1. The molecule has 7 heteroatoms. The number of likely N-dealkylation sites (tertiary alicyclic amines) is 1. The Morgan fingerprint density at radius 3 is 2.74 bits per heavy atom. The Morgan fingerprint density at radius 1 is 1.26 bits per heavy atom. The van der Waals surface area contributed by atoms with E-state index in [0.717, 1.165) is 41.1 Å². The third kappa shape index (κ3) is 3.30. The van der Waals surface area contributed by atoms with Gasteiger partial charge in [-0.05, 0) is 45.3 Å². The molecule has 1 aliphatic rings. The number of nitrogens with two attached hydrogens (primary N) is 1. The first-order chi connectivity index (χ1) is 11.1. The lowest BCUT2D eigenvalue weighted by Crippen LogP contribution is -2.37. The van der Waals surface area contributed by atoms with Crippen molar-refractivity contribution in [1.82, 2.24) is 20.4 Å². The summed E-state index contributed by atoms with van der Waals surface area (Å²) in [4.78, 5) is 16.1. The van der Waals surface area contributed by atoms with E-state index >= 15 is 0 Å². The number of carbonyl (C=O) groups is 1. The van der Waals surface area contributed by atoms with Crippen molar-refractivity contribution in [1.29, 1.82) is 0 Å². The van der Waals surface area contributed by atoms with Crippen LogP contribution in [0.25, 0.3) is 10.2 Å². The highest BCUT2D eigenvalue weighted by molar-refractivity contribution is 7.21. The van der Waals surface area contributed by atoms with Gasteiger partial charge in [-0.3, -0.25) is 4.79 Å². The maximum atomic E-state index is 12.4. The van der Waals surface area contributed by atoms with E-state index in [9.17, 15) is 4.79 Å². The number of nitrogens with one attached hydrogen (secondary N) is 1. The van der Waals surface area contributed by atoms with Crippen LogP contribution in [-0.2, 0) is 0 Å². The molecule has 6 nitrogen and oxygen atoms in total. The van der Waals surface area contributed by atoms with Crippen LogP contribution in [-0.4, -0.2) is 47.2 Å². The molecule has 0 aromatic carbocycles. The van der Waals surface area contributed by atoms with Gasteiger partial charge in [0.2, 0.25) is 0 Å². The summed E-state index contributed by atoms with van der Waals surface area (Å²) in [5.41, 5.74) is 8.56. The predicted molar refractivity (Wildman–Crippen MR) is 93.9 cm³/mol. The number of carbonyl (C=O) groups excluding carboxylic acids is 1. The number of rotatable bonds is 4. The monoisotopic (exact) mass is 333 g/mol. The first-order valence-corrected chi connectivity index (χ1v) is 8.92. The van der Waals surface area contributed by atoms with Crippen molar-refractivity contribution in [2.24, 2.45) is 0 Å². The summed E-state index contributed by atoms with van der Waals surface area (Å²) in [7, 11) is 0. The van der Waals surface area contributed by atoms with Gasteiger partial charge in [0.05, 0.1) is 11.4 Å². The van der Waals surface area contributed by atoms with Crippen LogP contribution in [0.1, 0.15) is 40.2 Å². The van der Waals surface area contributed by atoms with Gasteiger partial charge in [0.25, 0.3) is 5.91 Å². The molecule has 3 heterocycles. The fourth-order valence-corrected chi connectivity index (χ4v) is 4.02. The van der Waals surface area contributed by atoms with Gasteiger partial charge >= 0.3 is 0 Å². The smallest absolute Gasteiger partial charge is 0.263 e. The molecule has 0 unspecified atom stereocenters. The van der Waals surface area contributed by atoms with Crippen LogP contribution in [0.4, 0.5) is 5.69 Å². The molecule has 0 radical (unpaired) electrons. The fraction of sp³-hybridized carbons (Fsp3) is 0.562. The highest BCUT2D eigenvalue weighted by atomic mass is 32.1. The Kier molecular flexibility index (Phi) is 4.77. The molecule has 1 fully saturated rings. The van der Waals surface area contributed by atoms with E-state index in [2.05, 4.69) is 20.4 Å². The van der Waals surface area contributed by atoms with Crippen LogP contribution in [0.3, 0.4) is 0 Å². The lowest BCUT2D eigenvalue weighted by Gasteiger charge is -2.26. The summed E-state index contributed by atoms with van der Waals surface area (Å²) in [6.45, 7) is 7.68. The van der Waals surface area contributed by atoms with Crippen molar-refractivity contribution in [3.8, 4) is 0 Å². The fourth-order valence-electron chi connectivity index (χ4n) is 3.00. The molecular formula is C16H23N5OS. The Bertz CT molecular complexity index is 721. The Balaban J connectivity index is 1.68. The van der Waals surface area contributed by atoms with Crippen LogP contribution >= 0.6 is 11.3 Å². The molecular weight excluding hydrogens is 310 g/mol. The molecule has 0 spiro atoms. The molecule has 3 rings (SSSR count). The Labute approximate surface area is 140 Å². The van der Waals surface area contributed by atoms with Crippen molar-refractivity contribution in [2.45, 2.75) is 33.1 Å². The van der Waals surface area contributed by atoms with Crippen LogP contribution < -0.4 is 11.1 Å². The average Bonchev–Trinajstić information content (AvgIpc) is 2.89. The zero-order chi connectivity index (χ0) is 16.4. The number of aryl methyl sites for hydroxylation is 2. The second-order valence-electron chi connectivity index (χ2n) is 6.09. The van der Waals surface area contributed by atoms with Gasteiger partial charge in [0.1, 0.15) is 9.71 Å². The van der Waals surface area contributed by atoms with Gasteiger partial charge in [-0.25, -0.2) is 0 Å². The minimum absolute atomic E-state index is 0.112. The number of nitrogens with zero attached hydrogens (tertiary/aromatic N) is 3. The number of piperidine rings is 1. The number of thiophene rings is 1. The van der Waals surface area contributed by atoms with E-state index in [4.69, 9.17) is 5.73 Å². The first-order valence-electron chi connectivity index (χ1n) is 8.10. The van der Waals surface area contributed by atoms with Gasteiger partial charge in [0, 0.05) is 18.5 Å². The van der Waals surface area contributed by atoms with Gasteiger partial charge in [-0.2, -0.15) is 5.10 Å². The average molecular weight is 333 g/mol. The summed E-state index contributed by atoms with van der Waals surface area (Å²) in [5.74, 6) is -0.112. The third-order valence-corrected chi connectivity index (χ3v) is 5.59. The van der Waals surface area contributed by atoms with E-state index in [1.54, 1.807) is 0 Å². The standard InChI is InChI=1S/C16H23N5OS/c1-10-11(2)19-20-16-12(10)13(17)14(23-16)15(22)18-6-9-21-7-4-3-5-8-21/h3-9,17H2,1-2H3,(H,18,22). The van der Waals surface area contributed by atoms with Crippen LogP contribution in [0.5, 0.6) is 0 Å². The molecule has 1 aliphatic heterocycles. The number of fused-ring (bicyclic) bond motifs is 1. The second kappa shape index (κ2) is 6.80. The maximum Gasteiger partial charge on any atom is 0.263 e. The number of aromatic nitrogens is 2. The highest BCUT2D eigenvalue weighted by Gasteiger charge is 2.20. The highest BCUT2D eigenvalue weighted by Crippen LogP contribution is 2.34. The molecule has 1 saturated heterocycles. The molecule has 3 N–H and O–H groups in total. The second-order valence-corrected chi connectivity index (χ2v) is 7.09. The number of hydrogen-bond acceptors (Lipinski definition) is 6. The number of anilines is 1. The predicted octanol–water partition coefficient (Wildman–Crippen LogP) is 2.11. The third-order valence-electron chi connectivity index (χ3n) is 4.50. The van der Waals surface area contributed by atoms with Crippen molar-refractivity contribution < 1.29 is 4.79 Å². The zero-order valence-corrected chi connectivity index (χ0v) is 14.5. The number of hydrogen-bond donors (Lipinski definition) is 2. The van der Waals surface area contributed by atoms with Crippen molar-refractivity contribution in [3.05, 3.63) is 16.1 Å². The van der Waals surface area contributed by atoms with E-state index in [1.807, 2.05) is 13.8 Å². The van der Waals surface area contributed by atoms with E-state index in [-0.39, 0.29) is 5.91 Å². The summed E-state index contributed by atoms with van der Waals surface area (Å²) in [6.07, 6.45) is 3.84. The van der Waals surface area contributed by atoms with Crippen molar-refractivity contribution >= 4 is 33.1 Å². The van der Waals surface area contributed by atoms with E-state index < -0.39 is 0 Å². The topological polar surface area (TPSA) is 84.1 Å². The summed E-state index contributed by atoms with van der Waals surface area (Å²) in [6, 6.07) is 0. The largest absolute Gasteiger partial charge is 0.397 e. The molecule has 1 amide bonds. The molecule has 2 aromatic rings. The maximum absolute atomic E-state index is 12.4. The SMILES string of the molecule is Cc1nnc2sc(C(=O)NCCN3CCCCC3)c(N)c2c1C. The van der Waals surface area contributed by atoms with Crippen molar-refractivity contribution in [2.75, 3.05) is 31.9 Å². The molecule has 2 aromatic heterocycles. The number of nitrogen functional groups attached to an aromatic ring is 1. The van der Waals surface area contributed by atoms with E-state index in [1.165, 1.54) is 30.6 Å². The summed E-state index contributed by atoms with van der Waals surface area (Å²) < 4.78 is 0. The molecule has 0 atom stereocenters. The Morgan fingerprint density at radius 2 is 2.00 bits per heavy atom. The lowest BCUT2D eigenvalue weighted by molar-refractivity contribution is 0.0951. The molecule has 124 valence electrons. The lowest BCUT2D eigenvalue weighted by atomic mass is 10.1.